The summed E-state index contributed by atoms with van der Waals surface area (Å²) in [5.74, 6) is -0.133. The lowest BCUT2D eigenvalue weighted by Crippen LogP contribution is -2.16. The van der Waals surface area contributed by atoms with Crippen LogP contribution in [0.2, 0.25) is 0 Å². The van der Waals surface area contributed by atoms with Crippen LogP contribution in [0.25, 0.3) is 10.9 Å². The molecular formula is C14H13BrN4O. The Morgan fingerprint density at radius 2 is 2.35 bits per heavy atom. The molecule has 0 aliphatic carbocycles. The minimum atomic E-state index is -0.133. The van der Waals surface area contributed by atoms with Gasteiger partial charge in [0.2, 0.25) is 0 Å². The van der Waals surface area contributed by atoms with E-state index in [1.165, 1.54) is 0 Å². The van der Waals surface area contributed by atoms with E-state index < -0.39 is 0 Å². The fourth-order valence-electron chi connectivity index (χ4n) is 2.19. The lowest BCUT2D eigenvalue weighted by atomic mass is 10.2. The first kappa shape index (κ1) is 12.9. The normalized spacial score (nSPS) is 10.9. The van der Waals surface area contributed by atoms with Gasteiger partial charge in [-0.15, -0.1) is 0 Å². The molecule has 0 aliphatic heterocycles. The lowest BCUT2D eigenvalue weighted by molar-refractivity contribution is 0.101. The Hall–Kier alpha value is -2.08. The highest BCUT2D eigenvalue weighted by Gasteiger charge is 2.14. The number of amides is 1. The third-order valence-electron chi connectivity index (χ3n) is 3.17. The van der Waals surface area contributed by atoms with E-state index >= 15 is 0 Å². The Bertz CT molecular complexity index is 774. The molecule has 0 atom stereocenters. The summed E-state index contributed by atoms with van der Waals surface area (Å²) >= 11 is 3.40. The second-order valence-corrected chi connectivity index (χ2v) is 5.34. The van der Waals surface area contributed by atoms with Crippen molar-refractivity contribution in [2.24, 2.45) is 0 Å². The minimum absolute atomic E-state index is 0.133. The molecule has 2 N–H and O–H groups in total. The van der Waals surface area contributed by atoms with Gasteiger partial charge in [0.25, 0.3) is 5.91 Å². The average Bonchev–Trinajstić information content (AvgIpc) is 3.05. The maximum absolute atomic E-state index is 12.4. The zero-order valence-corrected chi connectivity index (χ0v) is 12.4. The second kappa shape index (κ2) is 5.13. The van der Waals surface area contributed by atoms with E-state index in [0.29, 0.717) is 5.69 Å². The molecule has 3 rings (SSSR count). The van der Waals surface area contributed by atoms with E-state index in [1.54, 1.807) is 6.20 Å². The topological polar surface area (TPSA) is 62.7 Å². The van der Waals surface area contributed by atoms with Crippen LogP contribution in [0.1, 0.15) is 17.4 Å². The van der Waals surface area contributed by atoms with E-state index in [4.69, 9.17) is 0 Å². The van der Waals surface area contributed by atoms with Crippen molar-refractivity contribution in [1.82, 2.24) is 14.8 Å². The Morgan fingerprint density at radius 1 is 1.50 bits per heavy atom. The standard InChI is InChI=1S/C14H13BrN4O/c1-2-19-8-9(15)6-13(19)14(20)17-11-4-3-5-12-10(11)7-16-18-12/h3-8H,2H2,1H3,(H,16,18)(H,17,20). The first-order chi connectivity index (χ1) is 9.69. The predicted octanol–water partition coefficient (Wildman–Crippen LogP) is 3.40. The highest BCUT2D eigenvalue weighted by Crippen LogP contribution is 2.22. The number of rotatable bonds is 3. The van der Waals surface area contributed by atoms with Crippen LogP contribution >= 0.6 is 15.9 Å². The van der Waals surface area contributed by atoms with E-state index in [-0.39, 0.29) is 5.91 Å². The number of anilines is 1. The second-order valence-electron chi connectivity index (χ2n) is 4.42. The number of carbonyl (C=O) groups excluding carboxylic acids is 1. The third kappa shape index (κ3) is 2.22. The highest BCUT2D eigenvalue weighted by molar-refractivity contribution is 9.10. The maximum Gasteiger partial charge on any atom is 0.272 e. The Morgan fingerprint density at radius 3 is 3.15 bits per heavy atom. The molecule has 0 spiro atoms. The highest BCUT2D eigenvalue weighted by atomic mass is 79.9. The quantitative estimate of drug-likeness (QED) is 0.772. The fraction of sp³-hybridized carbons (Fsp3) is 0.143. The largest absolute Gasteiger partial charge is 0.343 e. The molecule has 0 unspecified atom stereocenters. The van der Waals surface area contributed by atoms with Crippen LogP contribution in [0.5, 0.6) is 0 Å². The zero-order valence-electron chi connectivity index (χ0n) is 10.9. The molecular weight excluding hydrogens is 320 g/mol. The van der Waals surface area contributed by atoms with E-state index in [0.717, 1.165) is 27.6 Å². The molecule has 3 aromatic rings. The number of nitrogens with one attached hydrogen (secondary N) is 2. The van der Waals surface area contributed by atoms with E-state index in [2.05, 4.69) is 31.4 Å². The van der Waals surface area contributed by atoms with Gasteiger partial charge >= 0.3 is 0 Å². The number of carbonyl (C=O) groups is 1. The number of aryl methyl sites for hydroxylation is 1. The van der Waals surface area contributed by atoms with Gasteiger partial charge in [0, 0.05) is 22.6 Å². The van der Waals surface area contributed by atoms with Crippen LogP contribution in [0.3, 0.4) is 0 Å². The SMILES string of the molecule is CCn1cc(Br)cc1C(=O)Nc1cccc2[nH]ncc12. The van der Waals surface area contributed by atoms with Gasteiger partial charge in [-0.1, -0.05) is 6.07 Å². The molecule has 6 heteroatoms. The Kier molecular flexibility index (Phi) is 3.31. The van der Waals surface area contributed by atoms with Gasteiger partial charge in [0.05, 0.1) is 17.4 Å². The molecule has 1 amide bonds. The van der Waals surface area contributed by atoms with Gasteiger partial charge < -0.3 is 9.88 Å². The van der Waals surface area contributed by atoms with Gasteiger partial charge in [-0.25, -0.2) is 0 Å². The number of aromatic nitrogens is 3. The molecule has 0 saturated carbocycles. The van der Waals surface area contributed by atoms with Crippen LogP contribution in [-0.2, 0) is 6.54 Å². The van der Waals surface area contributed by atoms with Gasteiger partial charge in [-0.3, -0.25) is 9.89 Å². The zero-order chi connectivity index (χ0) is 14.1. The predicted molar refractivity (Wildman–Crippen MR) is 81.9 cm³/mol. The number of nitrogens with zero attached hydrogens (tertiary/aromatic N) is 2. The molecule has 20 heavy (non-hydrogen) atoms. The third-order valence-corrected chi connectivity index (χ3v) is 3.60. The maximum atomic E-state index is 12.4. The summed E-state index contributed by atoms with van der Waals surface area (Å²) in [4.78, 5) is 12.4. The molecule has 102 valence electrons. The van der Waals surface area contributed by atoms with Gasteiger partial charge in [0.1, 0.15) is 5.69 Å². The van der Waals surface area contributed by atoms with Crippen molar-refractivity contribution >= 4 is 38.4 Å². The summed E-state index contributed by atoms with van der Waals surface area (Å²) in [5.41, 5.74) is 2.27. The molecule has 0 bridgehead atoms. The van der Waals surface area contributed by atoms with Gasteiger partial charge in [-0.2, -0.15) is 5.10 Å². The summed E-state index contributed by atoms with van der Waals surface area (Å²) in [6, 6.07) is 7.48. The number of fused-ring (bicyclic) bond motifs is 1. The fourth-order valence-corrected chi connectivity index (χ4v) is 2.65. The van der Waals surface area contributed by atoms with Crippen LogP contribution < -0.4 is 5.32 Å². The molecule has 1 aromatic carbocycles. The van der Waals surface area contributed by atoms with Crippen molar-refractivity contribution in [3.63, 3.8) is 0 Å². The molecule has 2 heterocycles. The lowest BCUT2D eigenvalue weighted by Gasteiger charge is -2.08. The number of halogens is 1. The molecule has 5 nitrogen and oxygen atoms in total. The van der Waals surface area contributed by atoms with Crippen molar-refractivity contribution in [2.45, 2.75) is 13.5 Å². The van der Waals surface area contributed by atoms with E-state index in [9.17, 15) is 4.79 Å². The van der Waals surface area contributed by atoms with Crippen molar-refractivity contribution in [3.8, 4) is 0 Å². The van der Waals surface area contributed by atoms with Crippen molar-refractivity contribution in [2.75, 3.05) is 5.32 Å². The van der Waals surface area contributed by atoms with Gasteiger partial charge in [-0.05, 0) is 41.1 Å². The minimum Gasteiger partial charge on any atom is -0.343 e. The number of benzene rings is 1. The van der Waals surface area contributed by atoms with Crippen LogP contribution in [0.4, 0.5) is 5.69 Å². The van der Waals surface area contributed by atoms with Crippen LogP contribution in [-0.4, -0.2) is 20.7 Å². The van der Waals surface area contributed by atoms with Crippen molar-refractivity contribution in [1.29, 1.82) is 0 Å². The molecule has 0 aliphatic rings. The van der Waals surface area contributed by atoms with Crippen molar-refractivity contribution < 1.29 is 4.79 Å². The Balaban J connectivity index is 1.94. The number of H-pyrrole nitrogens is 1. The number of hydrogen-bond donors (Lipinski definition) is 2. The summed E-state index contributed by atoms with van der Waals surface area (Å²) < 4.78 is 2.79. The van der Waals surface area contributed by atoms with Crippen molar-refractivity contribution in [3.05, 3.63) is 46.8 Å². The first-order valence-corrected chi connectivity index (χ1v) is 7.07. The summed E-state index contributed by atoms with van der Waals surface area (Å²) in [5, 5.41) is 10.7. The molecule has 0 radical (unpaired) electrons. The summed E-state index contributed by atoms with van der Waals surface area (Å²) in [6.07, 6.45) is 3.60. The van der Waals surface area contributed by atoms with Crippen LogP contribution in [0, 0.1) is 0 Å². The first-order valence-electron chi connectivity index (χ1n) is 6.28. The van der Waals surface area contributed by atoms with Crippen LogP contribution in [0.15, 0.2) is 41.1 Å². The Labute approximate surface area is 124 Å². The number of aromatic amines is 1. The number of hydrogen-bond acceptors (Lipinski definition) is 2. The molecule has 0 fully saturated rings. The summed E-state index contributed by atoms with van der Waals surface area (Å²) in [6.45, 7) is 2.74. The monoisotopic (exact) mass is 332 g/mol. The summed E-state index contributed by atoms with van der Waals surface area (Å²) in [7, 11) is 0. The molecule has 2 aromatic heterocycles. The smallest absolute Gasteiger partial charge is 0.272 e. The average molecular weight is 333 g/mol. The van der Waals surface area contributed by atoms with E-state index in [1.807, 2.05) is 42.0 Å². The van der Waals surface area contributed by atoms with Gasteiger partial charge in [0.15, 0.2) is 0 Å². The molecule has 0 saturated heterocycles.